The summed E-state index contributed by atoms with van der Waals surface area (Å²) in [6, 6.07) is -0.573. The van der Waals surface area contributed by atoms with Crippen LogP contribution in [0.3, 0.4) is 0 Å². The van der Waals surface area contributed by atoms with E-state index >= 15 is 0 Å². The number of hydrogen-bond donors (Lipinski definition) is 2. The van der Waals surface area contributed by atoms with Gasteiger partial charge in [0.15, 0.2) is 0 Å². The van der Waals surface area contributed by atoms with Crippen molar-refractivity contribution in [3.63, 3.8) is 0 Å². The van der Waals surface area contributed by atoms with Gasteiger partial charge in [-0.3, -0.25) is 4.79 Å². The molecule has 0 aliphatic rings. The zero-order valence-corrected chi connectivity index (χ0v) is 9.36. The monoisotopic (exact) mass is 227 g/mol. The molecule has 5 nitrogen and oxygen atoms in total. The highest BCUT2D eigenvalue weighted by molar-refractivity contribution is 5.71. The highest BCUT2D eigenvalue weighted by Gasteiger charge is 2.15. The van der Waals surface area contributed by atoms with Crippen molar-refractivity contribution >= 4 is 12.1 Å². The SMILES string of the molecule is C#CC[C@H](CC(=O)O)NC(=O)OCCCC. The van der Waals surface area contributed by atoms with E-state index in [-0.39, 0.29) is 12.8 Å². The number of nitrogens with one attached hydrogen (secondary N) is 1. The normalized spacial score (nSPS) is 11.2. The van der Waals surface area contributed by atoms with Crippen molar-refractivity contribution < 1.29 is 19.4 Å². The molecule has 1 atom stereocenters. The van der Waals surface area contributed by atoms with Crippen LogP contribution in [0, 0.1) is 12.3 Å². The van der Waals surface area contributed by atoms with Crippen molar-refractivity contribution in [3.8, 4) is 12.3 Å². The smallest absolute Gasteiger partial charge is 0.407 e. The molecule has 90 valence electrons. The quantitative estimate of drug-likeness (QED) is 0.509. The van der Waals surface area contributed by atoms with E-state index in [4.69, 9.17) is 16.3 Å². The van der Waals surface area contributed by atoms with Gasteiger partial charge < -0.3 is 15.2 Å². The molecule has 0 heterocycles. The molecule has 0 rings (SSSR count). The summed E-state index contributed by atoms with van der Waals surface area (Å²) in [6.45, 7) is 2.31. The lowest BCUT2D eigenvalue weighted by molar-refractivity contribution is -0.137. The van der Waals surface area contributed by atoms with E-state index < -0.39 is 18.1 Å². The average molecular weight is 227 g/mol. The van der Waals surface area contributed by atoms with E-state index in [1.54, 1.807) is 0 Å². The summed E-state index contributed by atoms with van der Waals surface area (Å²) in [5.41, 5.74) is 0. The maximum Gasteiger partial charge on any atom is 0.407 e. The van der Waals surface area contributed by atoms with Crippen molar-refractivity contribution in [2.45, 2.75) is 38.6 Å². The molecule has 0 fully saturated rings. The van der Waals surface area contributed by atoms with Crippen LogP contribution in [-0.4, -0.2) is 29.8 Å². The zero-order valence-electron chi connectivity index (χ0n) is 9.36. The first-order valence-electron chi connectivity index (χ1n) is 5.18. The summed E-state index contributed by atoms with van der Waals surface area (Å²) in [6.07, 6.45) is 6.14. The zero-order chi connectivity index (χ0) is 12.4. The van der Waals surface area contributed by atoms with Gasteiger partial charge in [0, 0.05) is 6.42 Å². The maximum absolute atomic E-state index is 11.2. The molecule has 2 N–H and O–H groups in total. The number of aliphatic carboxylic acids is 1. The van der Waals surface area contributed by atoms with Gasteiger partial charge in [-0.05, 0) is 6.42 Å². The molecule has 16 heavy (non-hydrogen) atoms. The van der Waals surface area contributed by atoms with Gasteiger partial charge in [0.25, 0.3) is 0 Å². The van der Waals surface area contributed by atoms with Crippen LogP contribution < -0.4 is 5.32 Å². The van der Waals surface area contributed by atoms with Gasteiger partial charge >= 0.3 is 12.1 Å². The second-order valence-electron chi connectivity index (χ2n) is 3.34. The fourth-order valence-corrected chi connectivity index (χ4v) is 1.04. The standard InChI is InChI=1S/C11H17NO4/c1-3-5-7-16-11(15)12-9(6-4-2)8-10(13)14/h2,9H,3,5-8H2,1H3,(H,12,15)(H,13,14)/t9-/m1/s1. The van der Waals surface area contributed by atoms with Crippen LogP contribution in [-0.2, 0) is 9.53 Å². The Balaban J connectivity index is 3.93. The van der Waals surface area contributed by atoms with E-state index in [1.165, 1.54) is 0 Å². The first-order valence-corrected chi connectivity index (χ1v) is 5.18. The number of hydrogen-bond acceptors (Lipinski definition) is 3. The molecular weight excluding hydrogens is 210 g/mol. The molecule has 0 aromatic heterocycles. The number of carboxylic acids is 1. The number of carboxylic acid groups (broad SMARTS) is 1. The van der Waals surface area contributed by atoms with Gasteiger partial charge in [-0.2, -0.15) is 0 Å². The van der Waals surface area contributed by atoms with Gasteiger partial charge in [0.2, 0.25) is 0 Å². The summed E-state index contributed by atoms with van der Waals surface area (Å²) in [7, 11) is 0. The number of carbonyl (C=O) groups excluding carboxylic acids is 1. The van der Waals surface area contributed by atoms with E-state index in [9.17, 15) is 9.59 Å². The summed E-state index contributed by atoms with van der Waals surface area (Å²) in [4.78, 5) is 21.7. The molecule has 0 aromatic carbocycles. The Bertz CT molecular complexity index is 270. The number of unbranched alkanes of at least 4 members (excludes halogenated alkanes) is 1. The Morgan fingerprint density at radius 3 is 2.75 bits per heavy atom. The molecule has 1 amide bonds. The van der Waals surface area contributed by atoms with E-state index in [1.807, 2.05) is 6.92 Å². The van der Waals surface area contributed by atoms with E-state index in [2.05, 4.69) is 11.2 Å². The third-order valence-electron chi connectivity index (χ3n) is 1.84. The first-order chi connectivity index (χ1) is 7.60. The Labute approximate surface area is 95.2 Å². The predicted molar refractivity (Wildman–Crippen MR) is 58.9 cm³/mol. The molecule has 5 heteroatoms. The minimum absolute atomic E-state index is 0.176. The van der Waals surface area contributed by atoms with Crippen LogP contribution in [0.2, 0.25) is 0 Å². The molecule has 0 bridgehead atoms. The number of terminal acetylenes is 1. The molecule has 0 unspecified atom stereocenters. The third kappa shape index (κ3) is 7.68. The minimum atomic E-state index is -1.01. The number of amides is 1. The number of alkyl carbamates (subject to hydrolysis) is 1. The molecule has 0 saturated heterocycles. The van der Waals surface area contributed by atoms with Crippen LogP contribution >= 0.6 is 0 Å². The van der Waals surface area contributed by atoms with Gasteiger partial charge in [0.1, 0.15) is 0 Å². The Morgan fingerprint density at radius 2 is 2.25 bits per heavy atom. The topological polar surface area (TPSA) is 75.6 Å². The number of carbonyl (C=O) groups is 2. The van der Waals surface area contributed by atoms with Crippen molar-refractivity contribution in [1.29, 1.82) is 0 Å². The van der Waals surface area contributed by atoms with Crippen LogP contribution in [0.15, 0.2) is 0 Å². The van der Waals surface area contributed by atoms with Crippen LogP contribution in [0.5, 0.6) is 0 Å². The predicted octanol–water partition coefficient (Wildman–Crippen LogP) is 1.38. The second kappa shape index (κ2) is 8.60. The lowest BCUT2D eigenvalue weighted by Crippen LogP contribution is -2.36. The van der Waals surface area contributed by atoms with E-state index in [0.717, 1.165) is 12.8 Å². The lowest BCUT2D eigenvalue weighted by Gasteiger charge is -2.14. The maximum atomic E-state index is 11.2. The fraction of sp³-hybridized carbons (Fsp3) is 0.636. The average Bonchev–Trinajstić information content (AvgIpc) is 2.17. The van der Waals surface area contributed by atoms with Gasteiger partial charge in [-0.15, -0.1) is 12.3 Å². The van der Waals surface area contributed by atoms with E-state index in [0.29, 0.717) is 6.61 Å². The largest absolute Gasteiger partial charge is 0.481 e. The molecule has 0 spiro atoms. The summed E-state index contributed by atoms with van der Waals surface area (Å²) >= 11 is 0. The molecular formula is C11H17NO4. The summed E-state index contributed by atoms with van der Waals surface area (Å²) < 4.78 is 4.83. The number of rotatable bonds is 7. The second-order valence-corrected chi connectivity index (χ2v) is 3.34. The Morgan fingerprint density at radius 1 is 1.56 bits per heavy atom. The van der Waals surface area contributed by atoms with Gasteiger partial charge in [0.05, 0.1) is 19.1 Å². The van der Waals surface area contributed by atoms with Crippen molar-refractivity contribution in [3.05, 3.63) is 0 Å². The summed E-state index contributed by atoms with van der Waals surface area (Å²) in [5, 5.41) is 11.0. The lowest BCUT2D eigenvalue weighted by atomic mass is 10.1. The van der Waals surface area contributed by atoms with Crippen molar-refractivity contribution in [2.24, 2.45) is 0 Å². The Kier molecular flexibility index (Phi) is 7.68. The fourth-order valence-electron chi connectivity index (χ4n) is 1.04. The molecule has 0 aliphatic carbocycles. The molecule has 0 radical (unpaired) electrons. The number of ether oxygens (including phenoxy) is 1. The van der Waals surface area contributed by atoms with Gasteiger partial charge in [-0.1, -0.05) is 13.3 Å². The van der Waals surface area contributed by atoms with Crippen molar-refractivity contribution in [1.82, 2.24) is 5.32 Å². The van der Waals surface area contributed by atoms with Crippen LogP contribution in [0.1, 0.15) is 32.6 Å². The highest BCUT2D eigenvalue weighted by atomic mass is 16.5. The minimum Gasteiger partial charge on any atom is -0.481 e. The first kappa shape index (κ1) is 14.3. The highest BCUT2D eigenvalue weighted by Crippen LogP contribution is 1.98. The van der Waals surface area contributed by atoms with Crippen molar-refractivity contribution in [2.75, 3.05) is 6.61 Å². The molecule has 0 saturated carbocycles. The van der Waals surface area contributed by atoms with Gasteiger partial charge in [-0.25, -0.2) is 4.79 Å². The van der Waals surface area contributed by atoms with Crippen LogP contribution in [0.4, 0.5) is 4.79 Å². The Hall–Kier alpha value is -1.70. The third-order valence-corrected chi connectivity index (χ3v) is 1.84. The molecule has 0 aliphatic heterocycles. The van der Waals surface area contributed by atoms with Crippen LogP contribution in [0.25, 0.3) is 0 Å². The molecule has 0 aromatic rings. The summed E-state index contributed by atoms with van der Waals surface area (Å²) in [5.74, 6) is 1.31.